The Labute approximate surface area is 87.2 Å². The Bertz CT molecular complexity index is 171. The van der Waals surface area contributed by atoms with Gasteiger partial charge in [-0.3, -0.25) is 0 Å². The van der Waals surface area contributed by atoms with Crippen LogP contribution < -0.4 is 0 Å². The van der Waals surface area contributed by atoms with Gasteiger partial charge in [-0.2, -0.15) is 0 Å². The van der Waals surface area contributed by atoms with Crippen molar-refractivity contribution >= 4 is 4.02 Å². The van der Waals surface area contributed by atoms with Crippen LogP contribution in [0.25, 0.3) is 0 Å². The molecule has 0 saturated carbocycles. The summed E-state index contributed by atoms with van der Waals surface area (Å²) < 4.78 is 1.43. The first-order valence-corrected chi connectivity index (χ1v) is 5.89. The van der Waals surface area contributed by atoms with Crippen molar-refractivity contribution in [1.29, 1.82) is 0 Å². The molecule has 0 fully saturated rings. The van der Waals surface area contributed by atoms with Crippen molar-refractivity contribution in [3.05, 3.63) is 12.3 Å². The van der Waals surface area contributed by atoms with E-state index >= 15 is 0 Å². The summed E-state index contributed by atoms with van der Waals surface area (Å²) in [5, 5.41) is 0. The molecule has 0 radical (unpaired) electrons. The van der Waals surface area contributed by atoms with Crippen LogP contribution in [-0.4, -0.2) is 15.0 Å². The van der Waals surface area contributed by atoms with Crippen LogP contribution in [0.3, 0.4) is 0 Å². The van der Waals surface area contributed by atoms with E-state index in [0.29, 0.717) is 12.0 Å². The molecule has 0 aliphatic heterocycles. The molecular weight excluding hydrogens is 318 g/mol. The van der Waals surface area contributed by atoms with Gasteiger partial charge < -0.3 is 0 Å². The molecule has 0 saturated heterocycles. The maximum atomic E-state index is 2.33. The molecule has 0 aromatic rings. The number of rotatable bonds is 4. The first-order valence-electron chi connectivity index (χ1n) is 4.42. The number of hydrogen-bond acceptors (Lipinski definition) is 1. The summed E-state index contributed by atoms with van der Waals surface area (Å²) in [6, 6.07) is 0.581. The Hall–Kier alpha value is 0.0983. The van der Waals surface area contributed by atoms with Gasteiger partial charge in [0.15, 0.2) is 0 Å². The molecule has 0 aromatic heterocycles. The molecule has 0 amide bonds. The Morgan fingerprint density at radius 3 is 2.00 bits per heavy atom. The van der Waals surface area contributed by atoms with Gasteiger partial charge in [-0.25, -0.2) is 0 Å². The van der Waals surface area contributed by atoms with Crippen molar-refractivity contribution in [2.24, 2.45) is 5.92 Å². The van der Waals surface area contributed by atoms with Crippen molar-refractivity contribution in [2.45, 2.75) is 40.7 Å². The van der Waals surface area contributed by atoms with Gasteiger partial charge in [0.05, 0.1) is 0 Å². The zero-order chi connectivity index (χ0) is 9.72. The summed E-state index contributed by atoms with van der Waals surface area (Å²) in [7, 11) is 0. The average Bonchev–Trinajstić information content (AvgIpc) is 1.84. The standard InChI is InChI=1S/C10H19N.W/c1-6-11(10(4)5)8-7-9(2)3;/h7-10H,1-5H3;. The molecule has 0 unspecified atom stereocenters. The molecule has 12 heavy (non-hydrogen) atoms. The summed E-state index contributed by atoms with van der Waals surface area (Å²) >= 11 is 1.55. The van der Waals surface area contributed by atoms with Crippen LogP contribution in [0.5, 0.6) is 0 Å². The molecule has 0 aliphatic carbocycles. The summed E-state index contributed by atoms with van der Waals surface area (Å²) in [6.07, 6.45) is 4.45. The normalized spacial score (nSPS) is 11.6. The first kappa shape index (κ1) is 12.1. The monoisotopic (exact) mass is 337 g/mol. The van der Waals surface area contributed by atoms with Gasteiger partial charge in [-0.05, 0) is 0 Å². The van der Waals surface area contributed by atoms with Gasteiger partial charge in [-0.15, -0.1) is 0 Å². The Kier molecular flexibility index (Phi) is 5.74. The SMILES string of the molecule is C[C](=[W])N(C=CC(C)C)C(C)C. The van der Waals surface area contributed by atoms with Gasteiger partial charge in [-0.1, -0.05) is 0 Å². The first-order chi connectivity index (χ1) is 5.45. The molecule has 2 heteroatoms. The van der Waals surface area contributed by atoms with E-state index in [-0.39, 0.29) is 0 Å². The van der Waals surface area contributed by atoms with Gasteiger partial charge in [0, 0.05) is 0 Å². The fourth-order valence-corrected chi connectivity index (χ4v) is 1.88. The van der Waals surface area contributed by atoms with Crippen LogP contribution in [0.15, 0.2) is 12.3 Å². The number of allylic oxidation sites excluding steroid dienone is 1. The van der Waals surface area contributed by atoms with E-state index in [0.717, 1.165) is 0 Å². The van der Waals surface area contributed by atoms with E-state index in [4.69, 9.17) is 0 Å². The van der Waals surface area contributed by atoms with E-state index < -0.39 is 0 Å². The van der Waals surface area contributed by atoms with E-state index in [9.17, 15) is 0 Å². The average molecular weight is 337 g/mol. The Morgan fingerprint density at radius 1 is 1.25 bits per heavy atom. The van der Waals surface area contributed by atoms with Crippen molar-refractivity contribution < 1.29 is 19.4 Å². The minimum absolute atomic E-state index is 0.581. The third-order valence-corrected chi connectivity index (χ3v) is 2.31. The second-order valence-electron chi connectivity index (χ2n) is 3.61. The third kappa shape index (κ3) is 4.87. The summed E-state index contributed by atoms with van der Waals surface area (Å²) in [5.41, 5.74) is 0. The van der Waals surface area contributed by atoms with Crippen LogP contribution >= 0.6 is 0 Å². The fraction of sp³-hybridized carbons (Fsp3) is 0.700. The minimum atomic E-state index is 0.581. The second-order valence-corrected chi connectivity index (χ2v) is 5.73. The van der Waals surface area contributed by atoms with Crippen LogP contribution in [0, 0.1) is 5.92 Å². The van der Waals surface area contributed by atoms with Gasteiger partial charge in [0.25, 0.3) is 0 Å². The van der Waals surface area contributed by atoms with Crippen molar-refractivity contribution in [3.8, 4) is 0 Å². The van der Waals surface area contributed by atoms with E-state index in [1.807, 2.05) is 0 Å². The Balaban J connectivity index is 4.24. The van der Waals surface area contributed by atoms with Crippen LogP contribution in [-0.2, 0) is 19.4 Å². The summed E-state index contributed by atoms with van der Waals surface area (Å²) in [6.45, 7) is 11.0. The topological polar surface area (TPSA) is 3.24 Å². The van der Waals surface area contributed by atoms with Crippen LogP contribution in [0.1, 0.15) is 34.6 Å². The summed E-state index contributed by atoms with van der Waals surface area (Å²) in [4.78, 5) is 2.33. The quantitative estimate of drug-likeness (QED) is 0.762. The molecule has 0 aliphatic rings. The molecule has 0 heterocycles. The van der Waals surface area contributed by atoms with Gasteiger partial charge in [0.2, 0.25) is 0 Å². The maximum absolute atomic E-state index is 2.33. The van der Waals surface area contributed by atoms with Gasteiger partial charge in [0.1, 0.15) is 0 Å². The Morgan fingerprint density at radius 2 is 1.75 bits per heavy atom. The van der Waals surface area contributed by atoms with Crippen molar-refractivity contribution in [2.75, 3.05) is 0 Å². The zero-order valence-corrected chi connectivity index (χ0v) is 11.6. The van der Waals surface area contributed by atoms with Crippen LogP contribution in [0.4, 0.5) is 0 Å². The summed E-state index contributed by atoms with van der Waals surface area (Å²) in [5.74, 6) is 0.639. The molecule has 0 atom stereocenters. The van der Waals surface area contributed by atoms with E-state index in [1.54, 1.807) is 19.4 Å². The van der Waals surface area contributed by atoms with Crippen LogP contribution in [0.2, 0.25) is 0 Å². The third-order valence-electron chi connectivity index (χ3n) is 1.55. The predicted octanol–water partition coefficient (Wildman–Crippen LogP) is 2.56. The molecule has 0 bridgehead atoms. The number of nitrogens with zero attached hydrogens (tertiary/aromatic N) is 1. The molecule has 1 nitrogen and oxygen atoms in total. The van der Waals surface area contributed by atoms with Crippen molar-refractivity contribution in [3.63, 3.8) is 0 Å². The number of hydrogen-bond donors (Lipinski definition) is 0. The molecule has 0 spiro atoms. The molecule has 0 N–H and O–H groups in total. The zero-order valence-electron chi connectivity index (χ0n) is 8.66. The van der Waals surface area contributed by atoms with E-state index in [1.165, 1.54) is 4.02 Å². The molecule has 0 aromatic carbocycles. The van der Waals surface area contributed by atoms with E-state index in [2.05, 4.69) is 51.8 Å². The fourth-order valence-electron chi connectivity index (χ4n) is 0.906. The molecule has 70 valence electrons. The second kappa shape index (κ2) is 5.69. The van der Waals surface area contributed by atoms with Gasteiger partial charge >= 0.3 is 87.1 Å². The molecule has 0 rings (SSSR count). The molecular formula is C10H19NW. The predicted molar refractivity (Wildman–Crippen MR) is 51.6 cm³/mol. The van der Waals surface area contributed by atoms with Crippen molar-refractivity contribution in [1.82, 2.24) is 4.90 Å².